The molecule has 31 heavy (non-hydrogen) atoms. The fourth-order valence-corrected chi connectivity index (χ4v) is 1.40. The van der Waals surface area contributed by atoms with Crippen molar-refractivity contribution in [3.05, 3.63) is 83.1 Å². The van der Waals surface area contributed by atoms with Crippen LogP contribution in [0, 0.1) is 31.6 Å². The number of terminal acetylenes is 1. The zero-order valence-corrected chi connectivity index (χ0v) is 20.3. The molecule has 0 unspecified atom stereocenters. The van der Waals surface area contributed by atoms with Gasteiger partial charge in [-0.2, -0.15) is 0 Å². The van der Waals surface area contributed by atoms with Gasteiger partial charge in [-0.3, -0.25) is 4.79 Å². The number of aryl methyl sites for hydroxylation is 1. The molecule has 0 bridgehead atoms. The fourth-order valence-electron chi connectivity index (χ4n) is 1.40. The molecule has 0 aromatic carbocycles. The van der Waals surface area contributed by atoms with Gasteiger partial charge in [0.25, 0.3) is 5.56 Å². The summed E-state index contributed by atoms with van der Waals surface area (Å²) in [5, 5.41) is 8.64. The third-order valence-electron chi connectivity index (χ3n) is 2.74. The molecule has 0 atom stereocenters. The summed E-state index contributed by atoms with van der Waals surface area (Å²) in [6.45, 7) is 17.4. The molecule has 0 aliphatic carbocycles. The lowest BCUT2D eigenvalue weighted by molar-refractivity contribution is 0.462. The van der Waals surface area contributed by atoms with Crippen LogP contribution in [0.3, 0.4) is 0 Å². The number of nitrogens with one attached hydrogen (secondary N) is 1. The van der Waals surface area contributed by atoms with Crippen LogP contribution in [0.15, 0.2) is 71.8 Å². The number of H-pyrrole nitrogens is 1. The highest BCUT2D eigenvalue weighted by atomic mass is 16.3. The van der Waals surface area contributed by atoms with E-state index in [0.717, 1.165) is 11.8 Å². The molecule has 4 nitrogen and oxygen atoms in total. The van der Waals surface area contributed by atoms with Crippen molar-refractivity contribution in [3.63, 3.8) is 0 Å². The van der Waals surface area contributed by atoms with E-state index in [2.05, 4.69) is 67.2 Å². The molecule has 1 aromatic rings. The molecule has 1 heterocycles. The van der Waals surface area contributed by atoms with Crippen LogP contribution in [0.4, 0.5) is 0 Å². The van der Waals surface area contributed by atoms with E-state index in [1.165, 1.54) is 12.8 Å². The van der Waals surface area contributed by atoms with Gasteiger partial charge in [0, 0.05) is 5.57 Å². The van der Waals surface area contributed by atoms with E-state index in [-0.39, 0.29) is 5.75 Å². The summed E-state index contributed by atoms with van der Waals surface area (Å²) in [6, 6.07) is 0. The van der Waals surface area contributed by atoms with E-state index >= 15 is 0 Å². The SMILES string of the molecule is C#C.C=C/C=C\C(C#C/C=C/C)=C/C.CC.CC/C=C\CC.Cc1ncc(O)c(=O)[nH]1. The van der Waals surface area contributed by atoms with E-state index < -0.39 is 5.56 Å². The first kappa shape index (κ1) is 35.0. The molecule has 1 aromatic heterocycles. The number of aromatic hydroxyl groups is 1. The monoisotopic (exact) mass is 424 g/mol. The Morgan fingerprint density at radius 3 is 2.13 bits per heavy atom. The molecule has 0 aliphatic heterocycles. The van der Waals surface area contributed by atoms with Gasteiger partial charge >= 0.3 is 0 Å². The Labute approximate surface area is 190 Å². The third kappa shape index (κ3) is 28.8. The van der Waals surface area contributed by atoms with Crippen molar-refractivity contribution >= 4 is 0 Å². The average Bonchev–Trinajstić information content (AvgIpc) is 2.81. The highest BCUT2D eigenvalue weighted by molar-refractivity contribution is 5.40. The number of allylic oxidation sites excluding steroid dienone is 9. The first-order valence-electron chi connectivity index (χ1n) is 10.3. The Balaban J connectivity index is -0.000000170. The molecule has 4 heteroatoms. The molecule has 170 valence electrons. The summed E-state index contributed by atoms with van der Waals surface area (Å²) >= 11 is 0. The molecule has 0 spiro atoms. The second-order valence-corrected chi connectivity index (χ2v) is 5.08. The number of rotatable bonds is 4. The van der Waals surface area contributed by atoms with Gasteiger partial charge in [-0.25, -0.2) is 4.98 Å². The van der Waals surface area contributed by atoms with Crippen LogP contribution in [0.5, 0.6) is 5.75 Å². The molecule has 0 amide bonds. The molecular weight excluding hydrogens is 384 g/mol. The lowest BCUT2D eigenvalue weighted by atomic mass is 10.2. The Hall–Kier alpha value is -3.50. The Kier molecular flexibility index (Phi) is 35.2. The summed E-state index contributed by atoms with van der Waals surface area (Å²) in [6.07, 6.45) is 27.1. The van der Waals surface area contributed by atoms with Gasteiger partial charge in [-0.05, 0) is 45.8 Å². The lowest BCUT2D eigenvalue weighted by Gasteiger charge is -1.89. The summed E-state index contributed by atoms with van der Waals surface area (Å²) < 4.78 is 0. The normalized spacial score (nSPS) is 9.52. The fraction of sp³-hybridized carbons (Fsp3) is 0.333. The maximum Gasteiger partial charge on any atom is 0.293 e. The van der Waals surface area contributed by atoms with E-state index in [1.54, 1.807) is 13.0 Å². The zero-order valence-electron chi connectivity index (χ0n) is 20.3. The van der Waals surface area contributed by atoms with Crippen molar-refractivity contribution in [2.45, 2.75) is 61.3 Å². The van der Waals surface area contributed by atoms with Crippen LogP contribution >= 0.6 is 0 Å². The smallest absolute Gasteiger partial charge is 0.293 e. The number of hydrogen-bond acceptors (Lipinski definition) is 3. The quantitative estimate of drug-likeness (QED) is 0.322. The van der Waals surface area contributed by atoms with Crippen molar-refractivity contribution in [2.24, 2.45) is 0 Å². The Morgan fingerprint density at radius 1 is 1.23 bits per heavy atom. The van der Waals surface area contributed by atoms with Gasteiger partial charge < -0.3 is 10.1 Å². The standard InChI is InChI=1S/C12H14.C6H12.C5H6N2O2.C2H6.C2H2/c1-4-7-9-11-12(6-3)10-8-5-2;1-3-5-6-4-2;1-3-6-2-4(8)5(9)7-3;2*1-2/h4-8,10H,2H2,1,3H3;5-6H,3-4H2,1-2H3;2,8H,1H3,(H,6,7,9);1-2H3;1-2H/b7-4+,10-8-,12-6+;6-5-;;;. The molecule has 0 saturated heterocycles. The van der Waals surface area contributed by atoms with Gasteiger partial charge in [0.2, 0.25) is 0 Å². The van der Waals surface area contributed by atoms with Crippen molar-refractivity contribution in [3.8, 4) is 30.4 Å². The highest BCUT2D eigenvalue weighted by Crippen LogP contribution is 1.94. The number of hydrogen-bond donors (Lipinski definition) is 2. The molecule has 0 radical (unpaired) electrons. The first-order chi connectivity index (χ1) is 15.0. The second-order valence-electron chi connectivity index (χ2n) is 5.08. The Bertz CT molecular complexity index is 790. The number of aromatic amines is 1. The third-order valence-corrected chi connectivity index (χ3v) is 2.74. The van der Waals surface area contributed by atoms with Gasteiger partial charge in [0.05, 0.1) is 6.20 Å². The maximum absolute atomic E-state index is 10.5. The molecule has 0 saturated carbocycles. The minimum Gasteiger partial charge on any atom is -0.502 e. The number of aromatic nitrogens is 2. The largest absolute Gasteiger partial charge is 0.502 e. The van der Waals surface area contributed by atoms with E-state index in [4.69, 9.17) is 5.11 Å². The molecule has 2 N–H and O–H groups in total. The van der Waals surface area contributed by atoms with Gasteiger partial charge in [-0.1, -0.05) is 82.6 Å². The van der Waals surface area contributed by atoms with Crippen molar-refractivity contribution in [2.75, 3.05) is 0 Å². The Morgan fingerprint density at radius 2 is 1.77 bits per heavy atom. The predicted octanol–water partition coefficient (Wildman–Crippen LogP) is 6.68. The average molecular weight is 425 g/mol. The summed E-state index contributed by atoms with van der Waals surface area (Å²) in [7, 11) is 0. The minimum absolute atomic E-state index is 0.347. The predicted molar refractivity (Wildman–Crippen MR) is 138 cm³/mol. The topological polar surface area (TPSA) is 66.0 Å². The van der Waals surface area contributed by atoms with E-state index in [0.29, 0.717) is 5.82 Å². The first-order valence-corrected chi connectivity index (χ1v) is 10.3. The summed E-state index contributed by atoms with van der Waals surface area (Å²) in [4.78, 5) is 16.4. The van der Waals surface area contributed by atoms with E-state index in [1.807, 2.05) is 58.1 Å². The van der Waals surface area contributed by atoms with Crippen molar-refractivity contribution in [1.82, 2.24) is 9.97 Å². The van der Waals surface area contributed by atoms with Crippen LogP contribution in [-0.2, 0) is 0 Å². The minimum atomic E-state index is -0.498. The van der Waals surface area contributed by atoms with Crippen LogP contribution in [0.2, 0.25) is 0 Å². The number of nitrogens with zero attached hydrogens (tertiary/aromatic N) is 1. The molecule has 0 fully saturated rings. The zero-order chi connectivity index (χ0) is 24.9. The lowest BCUT2D eigenvalue weighted by Crippen LogP contribution is -2.07. The second kappa shape index (κ2) is 31.2. The van der Waals surface area contributed by atoms with Crippen LogP contribution in [-0.4, -0.2) is 15.1 Å². The van der Waals surface area contributed by atoms with Crippen molar-refractivity contribution in [1.29, 1.82) is 0 Å². The van der Waals surface area contributed by atoms with Crippen LogP contribution in [0.1, 0.15) is 60.2 Å². The van der Waals surface area contributed by atoms with Gasteiger partial charge in [-0.15, -0.1) is 12.8 Å². The maximum atomic E-state index is 10.5. The van der Waals surface area contributed by atoms with Crippen LogP contribution in [0.25, 0.3) is 0 Å². The van der Waals surface area contributed by atoms with Gasteiger partial charge in [0.15, 0.2) is 5.75 Å². The van der Waals surface area contributed by atoms with Crippen molar-refractivity contribution < 1.29 is 5.11 Å². The molecule has 0 aliphatic rings. The summed E-state index contributed by atoms with van der Waals surface area (Å²) in [5.74, 6) is 6.06. The molecule has 1 rings (SSSR count). The van der Waals surface area contributed by atoms with Crippen LogP contribution < -0.4 is 5.56 Å². The molecular formula is C27H40N2O2. The van der Waals surface area contributed by atoms with Gasteiger partial charge in [0.1, 0.15) is 5.82 Å². The summed E-state index contributed by atoms with van der Waals surface area (Å²) in [5.41, 5.74) is 0.510. The highest BCUT2D eigenvalue weighted by Gasteiger charge is 1.93. The van der Waals surface area contributed by atoms with E-state index in [9.17, 15) is 4.79 Å².